The normalized spacial score (nSPS) is 12.4. The molecule has 0 heterocycles. The summed E-state index contributed by atoms with van der Waals surface area (Å²) in [5.41, 5.74) is 1.10. The van der Waals surface area contributed by atoms with Crippen molar-refractivity contribution in [1.29, 1.82) is 0 Å². The van der Waals surface area contributed by atoms with Crippen molar-refractivity contribution in [3.63, 3.8) is 0 Å². The van der Waals surface area contributed by atoms with Crippen LogP contribution in [-0.4, -0.2) is 14.9 Å². The molecule has 1 aromatic carbocycles. The molecule has 0 aliphatic heterocycles. The molecule has 0 N–H and O–H groups in total. The Morgan fingerprint density at radius 2 is 1.81 bits per heavy atom. The summed E-state index contributed by atoms with van der Waals surface area (Å²) in [6.45, 7) is 9.02. The van der Waals surface area contributed by atoms with E-state index in [0.29, 0.717) is 12.6 Å². The molecule has 0 amide bonds. The highest BCUT2D eigenvalue weighted by atomic mass is 28.4. The average molecular weight is 236 g/mol. The van der Waals surface area contributed by atoms with Crippen LogP contribution in [0.15, 0.2) is 36.3 Å². The third-order valence-electron chi connectivity index (χ3n) is 1.78. The van der Waals surface area contributed by atoms with Gasteiger partial charge < -0.3 is 9.16 Å². The van der Waals surface area contributed by atoms with E-state index in [9.17, 15) is 0 Å². The zero-order chi connectivity index (χ0) is 12.0. The van der Waals surface area contributed by atoms with Gasteiger partial charge in [0, 0.05) is 6.08 Å². The highest BCUT2D eigenvalue weighted by molar-refractivity contribution is 6.70. The standard InChI is InChI=1S/C13H20O2Si/c1-5-14-13(15-16(2,3)4)11-12-9-7-6-8-10-12/h6-11H,5H2,1-4H3/b13-11-. The minimum absolute atomic E-state index is 0.628. The van der Waals surface area contributed by atoms with E-state index in [0.717, 1.165) is 5.56 Å². The minimum atomic E-state index is -1.60. The Bertz CT molecular complexity index is 339. The molecular formula is C13H20O2Si. The fourth-order valence-electron chi connectivity index (χ4n) is 1.23. The van der Waals surface area contributed by atoms with Crippen LogP contribution in [0.4, 0.5) is 0 Å². The van der Waals surface area contributed by atoms with E-state index >= 15 is 0 Å². The molecule has 16 heavy (non-hydrogen) atoms. The summed E-state index contributed by atoms with van der Waals surface area (Å²) in [6, 6.07) is 10.1. The Morgan fingerprint density at radius 1 is 1.19 bits per heavy atom. The molecule has 1 aromatic rings. The highest BCUT2D eigenvalue weighted by Crippen LogP contribution is 2.15. The summed E-state index contributed by atoms with van der Waals surface area (Å²) in [4.78, 5) is 0. The topological polar surface area (TPSA) is 18.5 Å². The highest BCUT2D eigenvalue weighted by Gasteiger charge is 2.18. The monoisotopic (exact) mass is 236 g/mol. The molecule has 0 atom stereocenters. The van der Waals surface area contributed by atoms with E-state index in [2.05, 4.69) is 19.6 Å². The van der Waals surface area contributed by atoms with E-state index in [4.69, 9.17) is 9.16 Å². The number of ether oxygens (including phenoxy) is 1. The predicted molar refractivity (Wildman–Crippen MR) is 70.5 cm³/mol. The SMILES string of the molecule is CCO/C(=C/c1ccccc1)O[Si](C)(C)C. The molecule has 88 valence electrons. The van der Waals surface area contributed by atoms with Crippen LogP contribution in [0, 0.1) is 0 Å². The zero-order valence-corrected chi connectivity index (χ0v) is 11.5. The first-order valence-corrected chi connectivity index (χ1v) is 9.00. The first-order chi connectivity index (χ1) is 7.51. The maximum absolute atomic E-state index is 5.86. The van der Waals surface area contributed by atoms with Gasteiger partial charge in [0.05, 0.1) is 6.61 Å². The lowest BCUT2D eigenvalue weighted by Gasteiger charge is -2.21. The molecular weight excluding hydrogens is 216 g/mol. The second-order valence-corrected chi connectivity index (χ2v) is 8.95. The Hall–Kier alpha value is -1.22. The molecule has 0 saturated heterocycles. The van der Waals surface area contributed by atoms with Crippen LogP contribution in [0.25, 0.3) is 6.08 Å². The summed E-state index contributed by atoms with van der Waals surface area (Å²) in [5, 5.41) is 0. The van der Waals surface area contributed by atoms with Crippen LogP contribution < -0.4 is 0 Å². The third-order valence-corrected chi connectivity index (χ3v) is 2.59. The van der Waals surface area contributed by atoms with Crippen LogP contribution >= 0.6 is 0 Å². The van der Waals surface area contributed by atoms with Crippen molar-refractivity contribution in [3.05, 3.63) is 41.8 Å². The predicted octanol–water partition coefficient (Wildman–Crippen LogP) is 3.87. The lowest BCUT2D eigenvalue weighted by Crippen LogP contribution is -2.25. The van der Waals surface area contributed by atoms with Crippen molar-refractivity contribution in [2.75, 3.05) is 6.61 Å². The van der Waals surface area contributed by atoms with Crippen molar-refractivity contribution in [1.82, 2.24) is 0 Å². The average Bonchev–Trinajstić information content (AvgIpc) is 2.17. The molecule has 1 rings (SSSR count). The molecule has 0 spiro atoms. The molecule has 0 unspecified atom stereocenters. The summed E-state index contributed by atoms with van der Waals surface area (Å²) >= 11 is 0. The maximum Gasteiger partial charge on any atom is 0.265 e. The van der Waals surface area contributed by atoms with E-state index in [1.807, 2.05) is 43.3 Å². The lowest BCUT2D eigenvalue weighted by molar-refractivity contribution is 0.117. The minimum Gasteiger partial charge on any atom is -0.520 e. The first kappa shape index (κ1) is 12.8. The summed E-state index contributed by atoms with van der Waals surface area (Å²) < 4.78 is 11.4. The van der Waals surface area contributed by atoms with Gasteiger partial charge in [-0.2, -0.15) is 0 Å². The Morgan fingerprint density at radius 3 is 2.31 bits per heavy atom. The molecule has 3 heteroatoms. The van der Waals surface area contributed by atoms with Gasteiger partial charge in [-0.05, 0) is 32.1 Å². The molecule has 0 saturated carbocycles. The van der Waals surface area contributed by atoms with Crippen molar-refractivity contribution in [3.8, 4) is 0 Å². The summed E-state index contributed by atoms with van der Waals surface area (Å²) in [6.07, 6.45) is 1.95. The van der Waals surface area contributed by atoms with E-state index in [1.54, 1.807) is 0 Å². The number of hydrogen-bond donors (Lipinski definition) is 0. The second kappa shape index (κ2) is 5.75. The van der Waals surface area contributed by atoms with Gasteiger partial charge in [-0.1, -0.05) is 30.3 Å². The van der Waals surface area contributed by atoms with Crippen LogP contribution in [0.2, 0.25) is 19.6 Å². The quantitative estimate of drug-likeness (QED) is 0.570. The number of hydrogen-bond acceptors (Lipinski definition) is 2. The van der Waals surface area contributed by atoms with Crippen LogP contribution in [0.1, 0.15) is 12.5 Å². The van der Waals surface area contributed by atoms with E-state index < -0.39 is 8.32 Å². The first-order valence-electron chi connectivity index (χ1n) is 5.60. The molecule has 2 nitrogen and oxygen atoms in total. The molecule has 0 aliphatic carbocycles. The van der Waals surface area contributed by atoms with Crippen molar-refractivity contribution in [2.24, 2.45) is 0 Å². The van der Waals surface area contributed by atoms with Gasteiger partial charge in [0.25, 0.3) is 5.95 Å². The van der Waals surface area contributed by atoms with E-state index in [1.165, 1.54) is 0 Å². The third kappa shape index (κ3) is 5.03. The van der Waals surface area contributed by atoms with Gasteiger partial charge >= 0.3 is 0 Å². The van der Waals surface area contributed by atoms with Gasteiger partial charge in [0.2, 0.25) is 8.32 Å². The number of benzene rings is 1. The largest absolute Gasteiger partial charge is 0.520 e. The van der Waals surface area contributed by atoms with Gasteiger partial charge in [0.1, 0.15) is 0 Å². The van der Waals surface area contributed by atoms with Crippen molar-refractivity contribution in [2.45, 2.75) is 26.6 Å². The fraction of sp³-hybridized carbons (Fsp3) is 0.385. The summed E-state index contributed by atoms with van der Waals surface area (Å²) in [7, 11) is -1.60. The maximum atomic E-state index is 5.86. The second-order valence-electron chi connectivity index (χ2n) is 4.52. The molecule has 0 fully saturated rings. The van der Waals surface area contributed by atoms with Gasteiger partial charge in [-0.3, -0.25) is 0 Å². The van der Waals surface area contributed by atoms with E-state index in [-0.39, 0.29) is 0 Å². The fourth-order valence-corrected chi connectivity index (χ4v) is 1.95. The summed E-state index contributed by atoms with van der Waals surface area (Å²) in [5.74, 6) is 0.632. The van der Waals surface area contributed by atoms with Gasteiger partial charge in [0.15, 0.2) is 0 Å². The smallest absolute Gasteiger partial charge is 0.265 e. The lowest BCUT2D eigenvalue weighted by atomic mass is 10.2. The molecule has 0 aromatic heterocycles. The molecule has 0 aliphatic rings. The number of rotatable bonds is 5. The Kier molecular flexibility index (Phi) is 4.62. The Balaban J connectivity index is 2.81. The van der Waals surface area contributed by atoms with Gasteiger partial charge in [-0.25, -0.2) is 0 Å². The van der Waals surface area contributed by atoms with Crippen LogP contribution in [0.3, 0.4) is 0 Å². The van der Waals surface area contributed by atoms with Crippen molar-refractivity contribution >= 4 is 14.4 Å². The molecule has 0 radical (unpaired) electrons. The Labute approximate surface area is 99.0 Å². The van der Waals surface area contributed by atoms with Crippen molar-refractivity contribution < 1.29 is 9.16 Å². The van der Waals surface area contributed by atoms with Gasteiger partial charge in [-0.15, -0.1) is 0 Å². The molecule has 0 bridgehead atoms. The van der Waals surface area contributed by atoms with Crippen LogP contribution in [-0.2, 0) is 9.16 Å². The van der Waals surface area contributed by atoms with Crippen LogP contribution in [0.5, 0.6) is 0 Å². The zero-order valence-electron chi connectivity index (χ0n) is 10.5.